The first-order chi connectivity index (χ1) is 9.80. The van der Waals surface area contributed by atoms with Gasteiger partial charge in [-0.05, 0) is 35.9 Å². The number of benzene rings is 1. The summed E-state index contributed by atoms with van der Waals surface area (Å²) in [4.78, 5) is 11.2. The molecule has 0 aliphatic rings. The van der Waals surface area contributed by atoms with Gasteiger partial charge in [0.1, 0.15) is 0 Å². The molecule has 0 radical (unpaired) electrons. The van der Waals surface area contributed by atoms with Gasteiger partial charge in [-0.15, -0.1) is 10.2 Å². The summed E-state index contributed by atoms with van der Waals surface area (Å²) < 4.78 is 47.2. The number of nitrogens with zero attached hydrogens (tertiary/aromatic N) is 2. The summed E-state index contributed by atoms with van der Waals surface area (Å²) in [5.74, 6) is -4.09. The molecule has 21 heavy (non-hydrogen) atoms. The average Bonchev–Trinajstić information content (AvgIpc) is 2.86. The summed E-state index contributed by atoms with van der Waals surface area (Å²) >= 11 is 6.40. The van der Waals surface area contributed by atoms with Gasteiger partial charge in [0.05, 0.1) is 4.90 Å². The molecule has 0 fully saturated rings. The Labute approximate surface area is 126 Å². The summed E-state index contributed by atoms with van der Waals surface area (Å²) in [6, 6.07) is 4.33. The van der Waals surface area contributed by atoms with Crippen LogP contribution in [0.3, 0.4) is 0 Å². The molecule has 112 valence electrons. The molecular formula is C10H6ClF2N3O3S2. The number of aromatic nitrogens is 2. The summed E-state index contributed by atoms with van der Waals surface area (Å²) in [5, 5.41) is 9.40. The highest BCUT2D eigenvalue weighted by atomic mass is 35.5. The van der Waals surface area contributed by atoms with Gasteiger partial charge in [-0.25, -0.2) is 8.42 Å². The monoisotopic (exact) mass is 353 g/mol. The lowest BCUT2D eigenvalue weighted by Crippen LogP contribution is -2.13. The Kier molecular flexibility index (Phi) is 4.49. The summed E-state index contributed by atoms with van der Waals surface area (Å²) in [7, 11) is -4.65. The second-order valence-corrected chi connectivity index (χ2v) is 7.12. The number of sulfone groups is 1. The van der Waals surface area contributed by atoms with Crippen molar-refractivity contribution >= 4 is 44.4 Å². The second-order valence-electron chi connectivity index (χ2n) is 3.64. The number of hydrogen-bond donors (Lipinski definition) is 1. The quantitative estimate of drug-likeness (QED) is 0.911. The maximum Gasteiger partial charge on any atom is 0.341 e. The van der Waals surface area contributed by atoms with Gasteiger partial charge >= 0.3 is 5.76 Å². The van der Waals surface area contributed by atoms with Gasteiger partial charge in [0.25, 0.3) is 5.91 Å². The Balaban J connectivity index is 2.15. The maximum absolute atomic E-state index is 12.3. The topological polar surface area (TPSA) is 89.0 Å². The number of carbonyl (C=O) groups excluding carboxylic acids is 1. The van der Waals surface area contributed by atoms with E-state index < -0.39 is 26.4 Å². The molecule has 0 bridgehead atoms. The van der Waals surface area contributed by atoms with Crippen LogP contribution in [0.5, 0.6) is 0 Å². The zero-order valence-electron chi connectivity index (χ0n) is 9.96. The van der Waals surface area contributed by atoms with Crippen molar-refractivity contribution in [1.29, 1.82) is 0 Å². The van der Waals surface area contributed by atoms with Gasteiger partial charge in [0.15, 0.2) is 0 Å². The minimum absolute atomic E-state index is 0.0179. The normalized spacial score (nSPS) is 11.6. The number of hydrogen-bond acceptors (Lipinski definition) is 6. The molecule has 0 spiro atoms. The van der Waals surface area contributed by atoms with Crippen LogP contribution in [0.15, 0.2) is 29.2 Å². The van der Waals surface area contributed by atoms with Crippen molar-refractivity contribution < 1.29 is 22.0 Å². The van der Waals surface area contributed by atoms with Crippen LogP contribution in [0, 0.1) is 0 Å². The lowest BCUT2D eigenvalue weighted by Gasteiger charge is -2.05. The molecule has 6 nitrogen and oxygen atoms in total. The Morgan fingerprint density at radius 3 is 2.33 bits per heavy atom. The third-order valence-corrected chi connectivity index (χ3v) is 4.69. The van der Waals surface area contributed by atoms with Gasteiger partial charge in [0.2, 0.25) is 19.3 Å². The smallest absolute Gasteiger partial charge is 0.320 e. The first kappa shape index (κ1) is 15.7. The molecule has 0 aliphatic carbocycles. The van der Waals surface area contributed by atoms with E-state index in [0.29, 0.717) is 0 Å². The fourth-order valence-electron chi connectivity index (χ4n) is 1.31. The molecule has 0 unspecified atom stereocenters. The highest BCUT2D eigenvalue weighted by molar-refractivity contribution is 7.91. The first-order valence-electron chi connectivity index (χ1n) is 5.23. The van der Waals surface area contributed by atoms with E-state index in [9.17, 15) is 22.0 Å². The van der Waals surface area contributed by atoms with E-state index in [2.05, 4.69) is 15.5 Å². The largest absolute Gasteiger partial charge is 0.341 e. The molecule has 0 saturated carbocycles. The van der Waals surface area contributed by atoms with Crippen LogP contribution in [-0.2, 0) is 9.84 Å². The lowest BCUT2D eigenvalue weighted by molar-refractivity contribution is 0.102. The van der Waals surface area contributed by atoms with E-state index in [4.69, 9.17) is 11.6 Å². The summed E-state index contributed by atoms with van der Waals surface area (Å²) in [6.45, 7) is 0. The number of alkyl halides is 2. The fourth-order valence-corrected chi connectivity index (χ4v) is 2.76. The van der Waals surface area contributed by atoms with E-state index in [-0.39, 0.29) is 15.2 Å². The zero-order chi connectivity index (χ0) is 15.6. The molecular weight excluding hydrogens is 348 g/mol. The van der Waals surface area contributed by atoms with Crippen molar-refractivity contribution in [2.24, 2.45) is 0 Å². The van der Waals surface area contributed by atoms with Crippen molar-refractivity contribution in [3.05, 3.63) is 33.7 Å². The van der Waals surface area contributed by atoms with Crippen LogP contribution < -0.4 is 5.32 Å². The Morgan fingerprint density at radius 2 is 1.86 bits per heavy atom. The Bertz CT molecular complexity index is 762. The molecule has 0 saturated heterocycles. The third-order valence-electron chi connectivity index (χ3n) is 2.27. The minimum atomic E-state index is -4.65. The van der Waals surface area contributed by atoms with E-state index in [1.54, 1.807) is 0 Å². The molecule has 0 atom stereocenters. The van der Waals surface area contributed by atoms with E-state index in [1.807, 2.05) is 0 Å². The van der Waals surface area contributed by atoms with Gasteiger partial charge < -0.3 is 5.32 Å². The number of anilines is 1. The van der Waals surface area contributed by atoms with Crippen LogP contribution in [0.4, 0.5) is 14.5 Å². The van der Waals surface area contributed by atoms with Gasteiger partial charge in [-0.2, -0.15) is 8.78 Å². The number of nitrogens with one attached hydrogen (secondary N) is 1. The van der Waals surface area contributed by atoms with Gasteiger partial charge in [-0.3, -0.25) is 4.79 Å². The van der Waals surface area contributed by atoms with Crippen molar-refractivity contribution in [2.45, 2.75) is 10.7 Å². The van der Waals surface area contributed by atoms with Gasteiger partial charge in [-0.1, -0.05) is 11.3 Å². The number of halogens is 3. The number of amides is 1. The average molecular weight is 354 g/mol. The summed E-state index contributed by atoms with van der Waals surface area (Å²) in [6.07, 6.45) is 0. The molecule has 1 amide bonds. The minimum Gasteiger partial charge on any atom is -0.320 e. The number of rotatable bonds is 4. The van der Waals surface area contributed by atoms with Crippen molar-refractivity contribution in [2.75, 3.05) is 5.32 Å². The SMILES string of the molecule is O=C(Nc1ccc(S(=O)(=O)C(F)F)cc1)c1nnc(Cl)s1. The third kappa shape index (κ3) is 3.52. The maximum atomic E-state index is 12.3. The molecule has 2 rings (SSSR count). The van der Waals surface area contributed by atoms with Crippen molar-refractivity contribution in [3.63, 3.8) is 0 Å². The highest BCUT2D eigenvalue weighted by Crippen LogP contribution is 2.21. The van der Waals surface area contributed by atoms with E-state index in [0.717, 1.165) is 23.5 Å². The zero-order valence-corrected chi connectivity index (χ0v) is 12.3. The molecule has 0 aliphatic heterocycles. The van der Waals surface area contributed by atoms with Crippen LogP contribution in [0.25, 0.3) is 0 Å². The molecule has 1 N–H and O–H groups in total. The van der Waals surface area contributed by atoms with Crippen LogP contribution in [-0.4, -0.2) is 30.3 Å². The van der Waals surface area contributed by atoms with Crippen LogP contribution in [0.1, 0.15) is 9.80 Å². The predicted octanol–water partition coefficient (Wildman–Crippen LogP) is 2.44. The molecule has 1 heterocycles. The van der Waals surface area contributed by atoms with Crippen molar-refractivity contribution in [3.8, 4) is 0 Å². The molecule has 1 aromatic heterocycles. The number of carbonyl (C=O) groups is 1. The summed E-state index contributed by atoms with van der Waals surface area (Å²) in [5.41, 5.74) is 0.222. The lowest BCUT2D eigenvalue weighted by atomic mass is 10.3. The standard InChI is InChI=1S/C10H6ClF2N3O3S2/c11-9-16-15-8(20-9)7(17)14-5-1-3-6(4-2-5)21(18,19)10(12)13/h1-4,10H,(H,14,17). The second kappa shape index (κ2) is 6.00. The Hall–Kier alpha value is -1.65. The first-order valence-corrected chi connectivity index (χ1v) is 7.97. The highest BCUT2D eigenvalue weighted by Gasteiger charge is 2.26. The Morgan fingerprint density at radius 1 is 1.24 bits per heavy atom. The van der Waals surface area contributed by atoms with Gasteiger partial charge in [0, 0.05) is 5.69 Å². The van der Waals surface area contributed by atoms with E-state index in [1.165, 1.54) is 12.1 Å². The van der Waals surface area contributed by atoms with Crippen LogP contribution >= 0.6 is 22.9 Å². The van der Waals surface area contributed by atoms with Crippen LogP contribution in [0.2, 0.25) is 4.47 Å². The van der Waals surface area contributed by atoms with E-state index >= 15 is 0 Å². The molecule has 2 aromatic rings. The molecule has 11 heteroatoms. The van der Waals surface area contributed by atoms with Crippen molar-refractivity contribution in [1.82, 2.24) is 10.2 Å². The molecule has 1 aromatic carbocycles. The predicted molar refractivity (Wildman–Crippen MR) is 72.5 cm³/mol. The fraction of sp³-hybridized carbons (Fsp3) is 0.100.